The van der Waals surface area contributed by atoms with Crippen molar-refractivity contribution in [1.29, 1.82) is 0 Å². The number of benzene rings is 1. The molecule has 0 radical (unpaired) electrons. The molecule has 1 heterocycles. The van der Waals surface area contributed by atoms with Crippen molar-refractivity contribution < 1.29 is 19.0 Å². The molecule has 5 heteroatoms. The number of carboxylic acid groups (broad SMARTS) is 1. The van der Waals surface area contributed by atoms with Gasteiger partial charge in [0.2, 0.25) is 0 Å². The predicted molar refractivity (Wildman–Crippen MR) is 71.4 cm³/mol. The second kappa shape index (κ2) is 5.84. The van der Waals surface area contributed by atoms with Crippen LogP contribution in [-0.2, 0) is 13.0 Å². The smallest absolute Gasteiger partial charge is 0.335 e. The summed E-state index contributed by atoms with van der Waals surface area (Å²) in [7, 11) is 0. The van der Waals surface area contributed by atoms with Gasteiger partial charge in [0.05, 0.1) is 5.56 Å². The Kier molecular flexibility index (Phi) is 4.16. The maximum atomic E-state index is 13.6. The van der Waals surface area contributed by atoms with E-state index in [1.54, 1.807) is 11.3 Å². The van der Waals surface area contributed by atoms with Crippen LogP contribution in [0.15, 0.2) is 30.3 Å². The van der Waals surface area contributed by atoms with Gasteiger partial charge in [-0.1, -0.05) is 6.92 Å². The van der Waals surface area contributed by atoms with Crippen molar-refractivity contribution in [1.82, 2.24) is 0 Å². The molecular weight excluding hydrogens is 267 g/mol. The molecular formula is C14H13FO3S. The highest BCUT2D eigenvalue weighted by molar-refractivity contribution is 7.11. The van der Waals surface area contributed by atoms with E-state index in [-0.39, 0.29) is 17.9 Å². The van der Waals surface area contributed by atoms with Gasteiger partial charge in [-0.15, -0.1) is 11.3 Å². The molecule has 0 aliphatic rings. The first-order valence-corrected chi connectivity index (χ1v) is 6.65. The lowest BCUT2D eigenvalue weighted by Crippen LogP contribution is -2.00. The van der Waals surface area contributed by atoms with Crippen molar-refractivity contribution in [2.24, 2.45) is 0 Å². The van der Waals surface area contributed by atoms with Crippen molar-refractivity contribution in [2.75, 3.05) is 0 Å². The number of halogens is 1. The Balaban J connectivity index is 2.05. The van der Waals surface area contributed by atoms with E-state index >= 15 is 0 Å². The number of rotatable bonds is 5. The second-order valence-corrected chi connectivity index (χ2v) is 5.21. The van der Waals surface area contributed by atoms with Crippen LogP contribution in [0.25, 0.3) is 0 Å². The van der Waals surface area contributed by atoms with Gasteiger partial charge < -0.3 is 9.84 Å². The number of hydrogen-bond acceptors (Lipinski definition) is 3. The monoisotopic (exact) mass is 280 g/mol. The normalized spacial score (nSPS) is 10.4. The molecule has 0 unspecified atom stereocenters. The number of ether oxygens (including phenoxy) is 1. The summed E-state index contributed by atoms with van der Waals surface area (Å²) in [5.41, 5.74) is -0.0887. The fourth-order valence-electron chi connectivity index (χ4n) is 1.59. The van der Waals surface area contributed by atoms with E-state index in [4.69, 9.17) is 9.84 Å². The molecule has 0 saturated heterocycles. The summed E-state index contributed by atoms with van der Waals surface area (Å²) < 4.78 is 19.0. The predicted octanol–water partition coefficient (Wildman–Crippen LogP) is 3.73. The number of hydrogen-bond donors (Lipinski definition) is 1. The standard InChI is InChI=1S/C14H13FO3S/c1-2-10-4-5-11(19-10)8-18-13-6-3-9(14(16)17)7-12(13)15/h3-7H,2,8H2,1H3,(H,16,17). The van der Waals surface area contributed by atoms with Gasteiger partial charge >= 0.3 is 5.97 Å². The summed E-state index contributed by atoms with van der Waals surface area (Å²) in [6.07, 6.45) is 0.965. The molecule has 0 saturated carbocycles. The third-order valence-electron chi connectivity index (χ3n) is 2.61. The fraction of sp³-hybridized carbons (Fsp3) is 0.214. The lowest BCUT2D eigenvalue weighted by Gasteiger charge is -2.06. The largest absolute Gasteiger partial charge is 0.485 e. The van der Waals surface area contributed by atoms with Gasteiger partial charge in [0, 0.05) is 9.75 Å². The summed E-state index contributed by atoms with van der Waals surface area (Å²) in [5.74, 6) is -1.75. The first-order valence-electron chi connectivity index (χ1n) is 5.83. The maximum Gasteiger partial charge on any atom is 0.335 e. The minimum Gasteiger partial charge on any atom is -0.485 e. The van der Waals surface area contributed by atoms with Crippen LogP contribution in [0, 0.1) is 5.82 Å². The van der Waals surface area contributed by atoms with Crippen LogP contribution >= 0.6 is 11.3 Å². The molecule has 0 atom stereocenters. The lowest BCUT2D eigenvalue weighted by atomic mass is 10.2. The Morgan fingerprint density at radius 1 is 1.32 bits per heavy atom. The fourth-order valence-corrected chi connectivity index (χ4v) is 2.46. The number of aryl methyl sites for hydroxylation is 1. The lowest BCUT2D eigenvalue weighted by molar-refractivity contribution is 0.0696. The van der Waals surface area contributed by atoms with Crippen LogP contribution in [0.5, 0.6) is 5.75 Å². The number of thiophene rings is 1. The minimum atomic E-state index is -1.16. The number of aromatic carboxylic acids is 1. The van der Waals surface area contributed by atoms with Crippen LogP contribution in [0.1, 0.15) is 27.0 Å². The highest BCUT2D eigenvalue weighted by Gasteiger charge is 2.09. The Labute approximate surface area is 114 Å². The average Bonchev–Trinajstić information content (AvgIpc) is 2.85. The van der Waals surface area contributed by atoms with E-state index in [2.05, 4.69) is 6.92 Å². The number of carboxylic acids is 1. The summed E-state index contributed by atoms with van der Waals surface area (Å²) in [6, 6.07) is 7.60. The summed E-state index contributed by atoms with van der Waals surface area (Å²) in [6.45, 7) is 2.36. The van der Waals surface area contributed by atoms with Crippen LogP contribution in [0.3, 0.4) is 0 Å². The average molecular weight is 280 g/mol. The molecule has 2 aromatic rings. The summed E-state index contributed by atoms with van der Waals surface area (Å²) in [4.78, 5) is 12.9. The Morgan fingerprint density at radius 2 is 2.05 bits per heavy atom. The highest BCUT2D eigenvalue weighted by atomic mass is 32.1. The molecule has 3 nitrogen and oxygen atoms in total. The summed E-state index contributed by atoms with van der Waals surface area (Å²) >= 11 is 1.62. The first-order chi connectivity index (χ1) is 9.10. The van der Waals surface area contributed by atoms with E-state index in [1.807, 2.05) is 12.1 Å². The zero-order valence-corrected chi connectivity index (χ0v) is 11.2. The van der Waals surface area contributed by atoms with Crippen molar-refractivity contribution in [2.45, 2.75) is 20.0 Å². The molecule has 0 bridgehead atoms. The van der Waals surface area contributed by atoms with Gasteiger partial charge in [-0.2, -0.15) is 0 Å². The topological polar surface area (TPSA) is 46.5 Å². The quantitative estimate of drug-likeness (QED) is 0.907. The van der Waals surface area contributed by atoms with E-state index in [9.17, 15) is 9.18 Å². The van der Waals surface area contributed by atoms with Gasteiger partial charge in [0.15, 0.2) is 11.6 Å². The van der Waals surface area contributed by atoms with Crippen LogP contribution < -0.4 is 4.74 Å². The number of carbonyl (C=O) groups is 1. The van der Waals surface area contributed by atoms with E-state index < -0.39 is 11.8 Å². The third kappa shape index (κ3) is 3.32. The molecule has 0 fully saturated rings. The molecule has 1 aromatic heterocycles. The highest BCUT2D eigenvalue weighted by Crippen LogP contribution is 2.22. The van der Waals surface area contributed by atoms with E-state index in [0.717, 1.165) is 17.4 Å². The molecule has 100 valence electrons. The molecule has 2 rings (SSSR count). The van der Waals surface area contributed by atoms with Gasteiger partial charge in [-0.25, -0.2) is 9.18 Å². The van der Waals surface area contributed by atoms with Crippen LogP contribution in [0.4, 0.5) is 4.39 Å². The molecule has 0 spiro atoms. The second-order valence-electron chi connectivity index (χ2n) is 3.96. The summed E-state index contributed by atoms with van der Waals surface area (Å²) in [5, 5.41) is 8.73. The van der Waals surface area contributed by atoms with E-state index in [1.165, 1.54) is 17.0 Å². The molecule has 19 heavy (non-hydrogen) atoms. The van der Waals surface area contributed by atoms with Gasteiger partial charge in [-0.3, -0.25) is 0 Å². The maximum absolute atomic E-state index is 13.6. The molecule has 0 aliphatic carbocycles. The van der Waals surface area contributed by atoms with E-state index in [0.29, 0.717) is 0 Å². The Hall–Kier alpha value is -1.88. The molecule has 0 aliphatic heterocycles. The van der Waals surface area contributed by atoms with Crippen LogP contribution in [-0.4, -0.2) is 11.1 Å². The Bertz CT molecular complexity index is 592. The van der Waals surface area contributed by atoms with Crippen molar-refractivity contribution in [3.8, 4) is 5.75 Å². The van der Waals surface area contributed by atoms with Gasteiger partial charge in [0.1, 0.15) is 6.61 Å². The molecule has 1 aromatic carbocycles. The molecule has 0 amide bonds. The van der Waals surface area contributed by atoms with Crippen LogP contribution in [0.2, 0.25) is 0 Å². The molecule has 1 N–H and O–H groups in total. The SMILES string of the molecule is CCc1ccc(COc2ccc(C(=O)O)cc2F)s1. The van der Waals surface area contributed by atoms with Crippen molar-refractivity contribution >= 4 is 17.3 Å². The Morgan fingerprint density at radius 3 is 2.63 bits per heavy atom. The first kappa shape index (κ1) is 13.5. The minimum absolute atomic E-state index is 0.0662. The van der Waals surface area contributed by atoms with Crippen molar-refractivity contribution in [3.05, 3.63) is 51.5 Å². The zero-order chi connectivity index (χ0) is 13.8. The van der Waals surface area contributed by atoms with Gasteiger partial charge in [-0.05, 0) is 36.8 Å². The van der Waals surface area contributed by atoms with Crippen molar-refractivity contribution in [3.63, 3.8) is 0 Å². The van der Waals surface area contributed by atoms with Gasteiger partial charge in [0.25, 0.3) is 0 Å². The zero-order valence-electron chi connectivity index (χ0n) is 10.4. The third-order valence-corrected chi connectivity index (χ3v) is 3.82.